The summed E-state index contributed by atoms with van der Waals surface area (Å²) in [5, 5.41) is 2.67. The van der Waals surface area contributed by atoms with Gasteiger partial charge in [0.15, 0.2) is 0 Å². The fraction of sp³-hybridized carbons (Fsp3) is 0.143. The third kappa shape index (κ3) is 3.51. The van der Waals surface area contributed by atoms with E-state index in [1.807, 2.05) is 12.1 Å². The second kappa shape index (κ2) is 5.95. The van der Waals surface area contributed by atoms with Gasteiger partial charge in [-0.05, 0) is 42.3 Å². The van der Waals surface area contributed by atoms with Crippen LogP contribution in [0.2, 0.25) is 0 Å². The number of carbonyl (C=O) groups is 1. The summed E-state index contributed by atoms with van der Waals surface area (Å²) in [4.78, 5) is 15.7. The van der Waals surface area contributed by atoms with Gasteiger partial charge in [0, 0.05) is 24.6 Å². The van der Waals surface area contributed by atoms with Gasteiger partial charge in [0.1, 0.15) is 5.82 Å². The zero-order chi connectivity index (χ0) is 13.7. The Morgan fingerprint density at radius 2 is 2.00 bits per heavy atom. The number of nitrogens with two attached hydrogens (primary N) is 1. The molecule has 1 aromatic heterocycles. The zero-order valence-electron chi connectivity index (χ0n) is 10.3. The topological polar surface area (TPSA) is 68.0 Å². The van der Waals surface area contributed by atoms with Crippen molar-refractivity contribution >= 4 is 11.6 Å². The van der Waals surface area contributed by atoms with Gasteiger partial charge in [-0.3, -0.25) is 9.78 Å². The predicted octanol–water partition coefficient (Wildman–Crippen LogP) is 1.78. The van der Waals surface area contributed by atoms with Crippen LogP contribution in [0.4, 0.5) is 10.1 Å². The van der Waals surface area contributed by atoms with E-state index in [1.54, 1.807) is 12.4 Å². The van der Waals surface area contributed by atoms with Crippen LogP contribution in [0.3, 0.4) is 0 Å². The van der Waals surface area contributed by atoms with Crippen molar-refractivity contribution in [3.05, 3.63) is 59.7 Å². The van der Waals surface area contributed by atoms with Gasteiger partial charge in [-0.2, -0.15) is 0 Å². The molecule has 1 heterocycles. The molecule has 19 heavy (non-hydrogen) atoms. The molecule has 0 spiro atoms. The van der Waals surface area contributed by atoms with E-state index in [0.29, 0.717) is 18.7 Å². The first kappa shape index (κ1) is 13.0. The van der Waals surface area contributed by atoms with E-state index in [-0.39, 0.29) is 5.56 Å². The Labute approximate surface area is 110 Å². The fourth-order valence-corrected chi connectivity index (χ4v) is 1.68. The Hall–Kier alpha value is -2.43. The van der Waals surface area contributed by atoms with Gasteiger partial charge in [-0.15, -0.1) is 0 Å². The van der Waals surface area contributed by atoms with Crippen LogP contribution in [0.5, 0.6) is 0 Å². The van der Waals surface area contributed by atoms with Crippen LogP contribution in [0.25, 0.3) is 0 Å². The molecule has 0 aliphatic carbocycles. The van der Waals surface area contributed by atoms with Crippen molar-refractivity contribution in [1.29, 1.82) is 0 Å². The van der Waals surface area contributed by atoms with Crippen molar-refractivity contribution < 1.29 is 9.18 Å². The molecular formula is C14H14FN3O. The molecule has 3 N–H and O–H groups in total. The zero-order valence-corrected chi connectivity index (χ0v) is 10.3. The molecule has 98 valence electrons. The molecule has 1 amide bonds. The van der Waals surface area contributed by atoms with Gasteiger partial charge in [-0.1, -0.05) is 0 Å². The van der Waals surface area contributed by atoms with Gasteiger partial charge >= 0.3 is 0 Å². The van der Waals surface area contributed by atoms with Crippen molar-refractivity contribution in [3.8, 4) is 0 Å². The van der Waals surface area contributed by atoms with Gasteiger partial charge in [0.2, 0.25) is 0 Å². The molecular weight excluding hydrogens is 245 g/mol. The third-order valence-electron chi connectivity index (χ3n) is 2.69. The highest BCUT2D eigenvalue weighted by molar-refractivity contribution is 5.94. The van der Waals surface area contributed by atoms with Gasteiger partial charge < -0.3 is 11.1 Å². The number of anilines is 1. The number of pyridine rings is 1. The average Bonchev–Trinajstić information content (AvgIpc) is 2.39. The number of nitrogens with zero attached hydrogens (tertiary/aromatic N) is 1. The molecule has 2 aromatic rings. The molecule has 0 unspecified atom stereocenters. The number of carbonyl (C=O) groups excluding carboxylic acids is 1. The van der Waals surface area contributed by atoms with Gasteiger partial charge in [0.25, 0.3) is 5.91 Å². The molecule has 0 aliphatic heterocycles. The molecule has 4 nitrogen and oxygen atoms in total. The van der Waals surface area contributed by atoms with Gasteiger partial charge in [0.05, 0.1) is 5.56 Å². The van der Waals surface area contributed by atoms with Crippen LogP contribution < -0.4 is 11.1 Å². The number of benzene rings is 1. The van der Waals surface area contributed by atoms with Crippen molar-refractivity contribution in [1.82, 2.24) is 10.3 Å². The molecule has 0 bridgehead atoms. The van der Waals surface area contributed by atoms with Crippen LogP contribution >= 0.6 is 0 Å². The Kier molecular flexibility index (Phi) is 4.07. The largest absolute Gasteiger partial charge is 0.399 e. The molecule has 0 saturated heterocycles. The number of hydrogen-bond donors (Lipinski definition) is 2. The standard InChI is InChI=1S/C14H14FN3O/c15-13-9-11(16)1-2-12(13)14(19)18-8-5-10-3-6-17-7-4-10/h1-4,6-7,9H,5,8,16H2,(H,18,19). The number of hydrogen-bond acceptors (Lipinski definition) is 3. The van der Waals surface area contributed by atoms with Crippen molar-refractivity contribution in [2.75, 3.05) is 12.3 Å². The third-order valence-corrected chi connectivity index (χ3v) is 2.69. The number of nitrogens with one attached hydrogen (secondary N) is 1. The quantitative estimate of drug-likeness (QED) is 0.822. The first-order valence-electron chi connectivity index (χ1n) is 5.89. The van der Waals surface area contributed by atoms with Crippen LogP contribution in [0.15, 0.2) is 42.7 Å². The fourth-order valence-electron chi connectivity index (χ4n) is 1.68. The Morgan fingerprint density at radius 3 is 2.68 bits per heavy atom. The average molecular weight is 259 g/mol. The first-order chi connectivity index (χ1) is 9.16. The summed E-state index contributed by atoms with van der Waals surface area (Å²) in [7, 11) is 0. The first-order valence-corrected chi connectivity index (χ1v) is 5.89. The minimum atomic E-state index is -0.610. The van der Waals surface area contributed by atoms with Crippen molar-refractivity contribution in [2.45, 2.75) is 6.42 Å². The molecule has 5 heteroatoms. The van der Waals surface area contributed by atoms with Crippen LogP contribution in [0.1, 0.15) is 15.9 Å². The number of amides is 1. The highest BCUT2D eigenvalue weighted by atomic mass is 19.1. The highest BCUT2D eigenvalue weighted by Crippen LogP contribution is 2.11. The maximum absolute atomic E-state index is 13.5. The number of nitrogen functional groups attached to an aromatic ring is 1. The van der Waals surface area contributed by atoms with E-state index < -0.39 is 11.7 Å². The maximum atomic E-state index is 13.5. The van der Waals surface area contributed by atoms with E-state index in [9.17, 15) is 9.18 Å². The Balaban J connectivity index is 1.91. The molecule has 0 atom stereocenters. The number of halogens is 1. The molecule has 0 aliphatic rings. The summed E-state index contributed by atoms with van der Waals surface area (Å²) in [6.07, 6.45) is 4.05. The van der Waals surface area contributed by atoms with E-state index >= 15 is 0 Å². The molecule has 0 saturated carbocycles. The van der Waals surface area contributed by atoms with Crippen LogP contribution in [-0.4, -0.2) is 17.4 Å². The van der Waals surface area contributed by atoms with E-state index in [2.05, 4.69) is 10.3 Å². The van der Waals surface area contributed by atoms with E-state index in [1.165, 1.54) is 12.1 Å². The lowest BCUT2D eigenvalue weighted by Crippen LogP contribution is -2.26. The second-order valence-corrected chi connectivity index (χ2v) is 4.10. The number of rotatable bonds is 4. The lowest BCUT2D eigenvalue weighted by atomic mass is 10.1. The van der Waals surface area contributed by atoms with Crippen molar-refractivity contribution in [2.24, 2.45) is 0 Å². The summed E-state index contributed by atoms with van der Waals surface area (Å²) >= 11 is 0. The molecule has 1 aromatic carbocycles. The minimum Gasteiger partial charge on any atom is -0.399 e. The Bertz CT molecular complexity index is 572. The van der Waals surface area contributed by atoms with Crippen LogP contribution in [-0.2, 0) is 6.42 Å². The summed E-state index contributed by atoms with van der Waals surface area (Å²) < 4.78 is 13.5. The van der Waals surface area contributed by atoms with E-state index in [4.69, 9.17) is 5.73 Å². The molecule has 2 rings (SSSR count). The molecule has 0 fully saturated rings. The SMILES string of the molecule is Nc1ccc(C(=O)NCCc2ccncc2)c(F)c1. The van der Waals surface area contributed by atoms with Crippen LogP contribution in [0, 0.1) is 5.82 Å². The second-order valence-electron chi connectivity index (χ2n) is 4.10. The normalized spacial score (nSPS) is 10.2. The Morgan fingerprint density at radius 1 is 1.26 bits per heavy atom. The van der Waals surface area contributed by atoms with Gasteiger partial charge in [-0.25, -0.2) is 4.39 Å². The summed E-state index contributed by atoms with van der Waals surface area (Å²) in [5.41, 5.74) is 6.79. The van der Waals surface area contributed by atoms with Crippen molar-refractivity contribution in [3.63, 3.8) is 0 Å². The number of aromatic nitrogens is 1. The van der Waals surface area contributed by atoms with E-state index in [0.717, 1.165) is 11.6 Å². The summed E-state index contributed by atoms with van der Waals surface area (Å²) in [6, 6.07) is 7.76. The highest BCUT2D eigenvalue weighted by Gasteiger charge is 2.10. The molecule has 0 radical (unpaired) electrons. The summed E-state index contributed by atoms with van der Waals surface area (Å²) in [6.45, 7) is 0.437. The lowest BCUT2D eigenvalue weighted by Gasteiger charge is -2.06. The maximum Gasteiger partial charge on any atom is 0.254 e. The predicted molar refractivity (Wildman–Crippen MR) is 71.1 cm³/mol. The smallest absolute Gasteiger partial charge is 0.254 e. The summed E-state index contributed by atoms with van der Waals surface area (Å²) in [5.74, 6) is -1.05. The monoisotopic (exact) mass is 259 g/mol. The minimum absolute atomic E-state index is 0.00364. The lowest BCUT2D eigenvalue weighted by molar-refractivity contribution is 0.0950.